The highest BCUT2D eigenvalue weighted by Gasteiger charge is 2.31. The lowest BCUT2D eigenvalue weighted by molar-refractivity contribution is -0.274. The fourth-order valence-electron chi connectivity index (χ4n) is 2.06. The average Bonchev–Trinajstić information content (AvgIpc) is 2.46. The molecule has 0 saturated heterocycles. The molecule has 0 aliphatic heterocycles. The number of hydrogen-bond acceptors (Lipinski definition) is 2. The van der Waals surface area contributed by atoms with Crippen molar-refractivity contribution >= 4 is 5.97 Å². The summed E-state index contributed by atoms with van der Waals surface area (Å²) in [5.74, 6) is -1.26. The second-order valence-electron chi connectivity index (χ2n) is 5.58. The number of aliphatic carboxylic acids is 1. The van der Waals surface area contributed by atoms with Crippen LogP contribution in [0.1, 0.15) is 19.4 Å². The number of carboxylic acids is 1. The summed E-state index contributed by atoms with van der Waals surface area (Å²) in [6.45, 7) is 3.18. The van der Waals surface area contributed by atoms with Crippen molar-refractivity contribution < 1.29 is 27.8 Å². The summed E-state index contributed by atoms with van der Waals surface area (Å²) in [6.07, 6.45) is -4.73. The van der Waals surface area contributed by atoms with Crippen molar-refractivity contribution in [3.63, 3.8) is 0 Å². The van der Waals surface area contributed by atoms with E-state index in [1.165, 1.54) is 24.3 Å². The molecule has 0 saturated carbocycles. The number of benzene rings is 2. The van der Waals surface area contributed by atoms with Crippen LogP contribution in [0, 0.1) is 0 Å². The Bertz CT molecular complexity index is 704. The maximum absolute atomic E-state index is 12.1. The number of carbonyl (C=O) groups is 1. The molecule has 0 aliphatic carbocycles. The predicted molar refractivity (Wildman–Crippen MR) is 79.2 cm³/mol. The number of halogens is 3. The van der Waals surface area contributed by atoms with Gasteiger partial charge in [-0.1, -0.05) is 36.4 Å². The van der Waals surface area contributed by atoms with E-state index in [1.807, 2.05) is 0 Å². The van der Waals surface area contributed by atoms with Crippen LogP contribution >= 0.6 is 0 Å². The van der Waals surface area contributed by atoms with Gasteiger partial charge in [0, 0.05) is 0 Å². The van der Waals surface area contributed by atoms with Crippen LogP contribution in [0.4, 0.5) is 13.2 Å². The topological polar surface area (TPSA) is 46.5 Å². The van der Waals surface area contributed by atoms with Crippen LogP contribution in [0.25, 0.3) is 11.1 Å². The van der Waals surface area contributed by atoms with E-state index in [9.17, 15) is 23.1 Å². The Labute approximate surface area is 131 Å². The smallest absolute Gasteiger partial charge is 0.481 e. The van der Waals surface area contributed by atoms with Gasteiger partial charge in [-0.2, -0.15) is 0 Å². The molecule has 0 atom stereocenters. The molecule has 2 aromatic rings. The first kappa shape index (κ1) is 16.9. The zero-order chi connectivity index (χ0) is 17.3. The lowest BCUT2D eigenvalue weighted by Crippen LogP contribution is -2.28. The second-order valence-corrected chi connectivity index (χ2v) is 5.58. The lowest BCUT2D eigenvalue weighted by atomic mass is 9.83. The van der Waals surface area contributed by atoms with Crippen LogP contribution in [-0.2, 0) is 10.2 Å². The largest absolute Gasteiger partial charge is 0.573 e. The van der Waals surface area contributed by atoms with Crippen molar-refractivity contribution in [1.82, 2.24) is 0 Å². The zero-order valence-electron chi connectivity index (χ0n) is 12.5. The van der Waals surface area contributed by atoms with Gasteiger partial charge in [0.1, 0.15) is 5.75 Å². The Morgan fingerprint density at radius 2 is 1.61 bits per heavy atom. The molecule has 0 amide bonds. The first-order chi connectivity index (χ1) is 10.6. The predicted octanol–water partition coefficient (Wildman–Crippen LogP) is 4.61. The van der Waals surface area contributed by atoms with Crippen molar-refractivity contribution in [2.24, 2.45) is 0 Å². The highest BCUT2D eigenvalue weighted by molar-refractivity contribution is 5.81. The Kier molecular flexibility index (Phi) is 4.36. The van der Waals surface area contributed by atoms with E-state index in [2.05, 4.69) is 4.74 Å². The Balaban J connectivity index is 2.31. The number of ether oxygens (including phenoxy) is 1. The van der Waals surface area contributed by atoms with E-state index < -0.39 is 17.7 Å². The van der Waals surface area contributed by atoms with Crippen molar-refractivity contribution in [3.8, 4) is 16.9 Å². The third kappa shape index (κ3) is 4.03. The number of carboxylic acid groups (broad SMARTS) is 1. The monoisotopic (exact) mass is 324 g/mol. The summed E-state index contributed by atoms with van der Waals surface area (Å²) in [4.78, 5) is 11.3. The minimum absolute atomic E-state index is 0.303. The fraction of sp³-hybridized carbons (Fsp3) is 0.235. The number of alkyl halides is 3. The Morgan fingerprint density at radius 1 is 1.00 bits per heavy atom. The molecule has 1 N–H and O–H groups in total. The van der Waals surface area contributed by atoms with Crippen LogP contribution < -0.4 is 4.74 Å². The first-order valence-electron chi connectivity index (χ1n) is 6.80. The van der Waals surface area contributed by atoms with E-state index >= 15 is 0 Å². The fourth-order valence-corrected chi connectivity index (χ4v) is 2.06. The summed E-state index contributed by atoms with van der Waals surface area (Å²) in [7, 11) is 0. The quantitative estimate of drug-likeness (QED) is 0.893. The first-order valence-corrected chi connectivity index (χ1v) is 6.80. The molecule has 3 nitrogen and oxygen atoms in total. The summed E-state index contributed by atoms with van der Waals surface area (Å²) in [5.41, 5.74) is 0.936. The van der Waals surface area contributed by atoms with Crippen LogP contribution in [0.3, 0.4) is 0 Å². The summed E-state index contributed by atoms with van der Waals surface area (Å²) >= 11 is 0. The molecule has 0 aromatic heterocycles. The van der Waals surface area contributed by atoms with Crippen molar-refractivity contribution in [2.75, 3.05) is 0 Å². The lowest BCUT2D eigenvalue weighted by Gasteiger charge is -2.20. The van der Waals surface area contributed by atoms with Crippen LogP contribution in [-0.4, -0.2) is 17.4 Å². The maximum atomic E-state index is 12.1. The molecule has 0 unspecified atom stereocenters. The molecule has 122 valence electrons. The van der Waals surface area contributed by atoms with Gasteiger partial charge >= 0.3 is 12.3 Å². The summed E-state index contributed by atoms with van der Waals surface area (Å²) in [5, 5.41) is 9.28. The van der Waals surface area contributed by atoms with E-state index in [4.69, 9.17) is 0 Å². The van der Waals surface area contributed by atoms with Gasteiger partial charge in [0.15, 0.2) is 0 Å². The minimum atomic E-state index is -4.73. The van der Waals surface area contributed by atoms with Gasteiger partial charge in [-0.05, 0) is 42.7 Å². The summed E-state index contributed by atoms with van der Waals surface area (Å²) in [6, 6.07) is 12.3. The molecule has 0 aliphatic rings. The summed E-state index contributed by atoms with van der Waals surface area (Å²) < 4.78 is 40.3. The Hall–Kier alpha value is -2.50. The highest BCUT2D eigenvalue weighted by Crippen LogP contribution is 2.30. The van der Waals surface area contributed by atoms with Gasteiger partial charge < -0.3 is 9.84 Å². The molecule has 0 fully saturated rings. The SMILES string of the molecule is CC(C)(C(=O)O)c1cccc(-c2ccc(OC(F)(F)F)cc2)c1. The van der Waals surface area contributed by atoms with Gasteiger partial charge in [-0.15, -0.1) is 13.2 Å². The molecular weight excluding hydrogens is 309 g/mol. The second kappa shape index (κ2) is 5.95. The molecular formula is C17H15F3O3. The van der Waals surface area contributed by atoms with E-state index in [0.717, 1.165) is 5.56 Å². The maximum Gasteiger partial charge on any atom is 0.573 e. The van der Waals surface area contributed by atoms with Crippen LogP contribution in [0.2, 0.25) is 0 Å². The molecule has 23 heavy (non-hydrogen) atoms. The van der Waals surface area contributed by atoms with Crippen molar-refractivity contribution in [2.45, 2.75) is 25.6 Å². The zero-order valence-corrected chi connectivity index (χ0v) is 12.5. The third-order valence-corrected chi connectivity index (χ3v) is 3.54. The van der Waals surface area contributed by atoms with Crippen molar-refractivity contribution in [3.05, 3.63) is 54.1 Å². The average molecular weight is 324 g/mol. The number of rotatable bonds is 4. The third-order valence-electron chi connectivity index (χ3n) is 3.54. The molecule has 6 heteroatoms. The minimum Gasteiger partial charge on any atom is -0.481 e. The molecule has 0 bridgehead atoms. The van der Waals surface area contributed by atoms with Gasteiger partial charge in [-0.3, -0.25) is 4.79 Å². The van der Waals surface area contributed by atoms with Crippen LogP contribution in [0.5, 0.6) is 5.75 Å². The Morgan fingerprint density at radius 3 is 2.13 bits per heavy atom. The molecule has 0 heterocycles. The molecule has 2 aromatic carbocycles. The molecule has 0 spiro atoms. The van der Waals surface area contributed by atoms with Crippen LogP contribution in [0.15, 0.2) is 48.5 Å². The molecule has 2 rings (SSSR count). The van der Waals surface area contributed by atoms with Crippen molar-refractivity contribution in [1.29, 1.82) is 0 Å². The van der Waals surface area contributed by atoms with E-state index in [1.54, 1.807) is 38.1 Å². The van der Waals surface area contributed by atoms with Gasteiger partial charge in [0.2, 0.25) is 0 Å². The van der Waals surface area contributed by atoms with Gasteiger partial charge in [0.25, 0.3) is 0 Å². The molecule has 0 radical (unpaired) electrons. The standard InChI is InChI=1S/C17H15F3O3/c1-16(2,15(21)22)13-5-3-4-12(10-13)11-6-8-14(9-7-11)23-17(18,19)20/h3-10H,1-2H3,(H,21,22). The van der Waals surface area contributed by atoms with Gasteiger partial charge in [-0.25, -0.2) is 0 Å². The number of hydrogen-bond donors (Lipinski definition) is 1. The van der Waals surface area contributed by atoms with E-state index in [0.29, 0.717) is 11.1 Å². The highest BCUT2D eigenvalue weighted by atomic mass is 19.4. The van der Waals surface area contributed by atoms with Gasteiger partial charge in [0.05, 0.1) is 5.41 Å². The normalized spacial score (nSPS) is 12.0. The van der Waals surface area contributed by atoms with E-state index in [-0.39, 0.29) is 5.75 Å².